The smallest absolute Gasteiger partial charge is 0.243 e. The van der Waals surface area contributed by atoms with Crippen LogP contribution in [0.1, 0.15) is 17.0 Å². The SMILES string of the molecule is C=CC(=O)N[C@@H]1CN(C(=O)Cc2cccc3ccccc23)C[C@H]1c1cnn(C)c1. The molecule has 0 unspecified atom stereocenters. The maximum Gasteiger partial charge on any atom is 0.243 e. The molecule has 0 radical (unpaired) electrons. The normalized spacial score (nSPS) is 18.7. The first-order chi connectivity index (χ1) is 14.0. The van der Waals surface area contributed by atoms with Crippen LogP contribution in [0.4, 0.5) is 0 Å². The van der Waals surface area contributed by atoms with Crippen LogP contribution < -0.4 is 5.32 Å². The molecule has 4 rings (SSSR count). The van der Waals surface area contributed by atoms with E-state index in [4.69, 9.17) is 0 Å². The lowest BCUT2D eigenvalue weighted by Crippen LogP contribution is -2.39. The first-order valence-electron chi connectivity index (χ1n) is 9.71. The van der Waals surface area contributed by atoms with Crippen molar-refractivity contribution < 1.29 is 9.59 Å². The molecule has 2 aromatic carbocycles. The number of fused-ring (bicyclic) bond motifs is 1. The molecule has 0 aliphatic carbocycles. The molecule has 0 bridgehead atoms. The second-order valence-electron chi connectivity index (χ2n) is 7.49. The summed E-state index contributed by atoms with van der Waals surface area (Å²) in [5, 5.41) is 9.45. The third-order valence-corrected chi connectivity index (χ3v) is 5.56. The van der Waals surface area contributed by atoms with Crippen LogP contribution >= 0.6 is 0 Å². The topological polar surface area (TPSA) is 67.2 Å². The lowest BCUT2D eigenvalue weighted by atomic mass is 9.97. The Morgan fingerprint density at radius 1 is 1.21 bits per heavy atom. The Morgan fingerprint density at radius 2 is 2.00 bits per heavy atom. The maximum absolute atomic E-state index is 13.1. The average molecular weight is 388 g/mol. The Bertz CT molecular complexity index is 1070. The molecule has 148 valence electrons. The van der Waals surface area contributed by atoms with Crippen molar-refractivity contribution in [3.63, 3.8) is 0 Å². The molecule has 6 heteroatoms. The summed E-state index contributed by atoms with van der Waals surface area (Å²) in [5.41, 5.74) is 2.03. The number of rotatable bonds is 5. The van der Waals surface area contributed by atoms with Crippen LogP contribution in [0.15, 0.2) is 67.5 Å². The molecule has 29 heavy (non-hydrogen) atoms. The van der Waals surface area contributed by atoms with Gasteiger partial charge in [-0.05, 0) is 28.0 Å². The van der Waals surface area contributed by atoms with Gasteiger partial charge in [0.2, 0.25) is 11.8 Å². The summed E-state index contributed by atoms with van der Waals surface area (Å²) >= 11 is 0. The van der Waals surface area contributed by atoms with Crippen LogP contribution in [0.3, 0.4) is 0 Å². The van der Waals surface area contributed by atoms with Crippen LogP contribution in [0.25, 0.3) is 10.8 Å². The zero-order valence-electron chi connectivity index (χ0n) is 16.4. The molecular weight excluding hydrogens is 364 g/mol. The highest BCUT2D eigenvalue weighted by molar-refractivity contribution is 5.90. The number of likely N-dealkylation sites (tertiary alicyclic amines) is 1. The highest BCUT2D eigenvalue weighted by atomic mass is 16.2. The van der Waals surface area contributed by atoms with Crippen molar-refractivity contribution in [1.82, 2.24) is 20.0 Å². The zero-order chi connectivity index (χ0) is 20.4. The minimum atomic E-state index is -0.229. The quantitative estimate of drug-likeness (QED) is 0.683. The summed E-state index contributed by atoms with van der Waals surface area (Å²) in [6.07, 6.45) is 5.34. The third-order valence-electron chi connectivity index (χ3n) is 5.56. The minimum Gasteiger partial charge on any atom is -0.347 e. The van der Waals surface area contributed by atoms with Crippen molar-refractivity contribution in [1.29, 1.82) is 0 Å². The molecule has 1 fully saturated rings. The van der Waals surface area contributed by atoms with Gasteiger partial charge in [-0.15, -0.1) is 0 Å². The van der Waals surface area contributed by atoms with E-state index < -0.39 is 0 Å². The van der Waals surface area contributed by atoms with E-state index in [0.29, 0.717) is 19.5 Å². The minimum absolute atomic E-state index is 0.00377. The Kier molecular flexibility index (Phi) is 5.16. The summed E-state index contributed by atoms with van der Waals surface area (Å²) in [4.78, 5) is 26.9. The lowest BCUT2D eigenvalue weighted by Gasteiger charge is -2.17. The van der Waals surface area contributed by atoms with E-state index in [1.807, 2.05) is 48.5 Å². The van der Waals surface area contributed by atoms with Gasteiger partial charge in [0.15, 0.2) is 0 Å². The number of nitrogens with zero attached hydrogens (tertiary/aromatic N) is 3. The fourth-order valence-electron chi connectivity index (χ4n) is 4.09. The molecule has 1 aromatic heterocycles. The predicted octanol–water partition coefficient (Wildman–Crippen LogP) is 2.41. The molecule has 6 nitrogen and oxygen atoms in total. The van der Waals surface area contributed by atoms with E-state index in [1.54, 1.807) is 10.9 Å². The first-order valence-corrected chi connectivity index (χ1v) is 9.71. The van der Waals surface area contributed by atoms with E-state index in [9.17, 15) is 9.59 Å². The summed E-state index contributed by atoms with van der Waals surface area (Å²) in [6.45, 7) is 4.56. The van der Waals surface area contributed by atoms with Gasteiger partial charge in [-0.2, -0.15) is 5.10 Å². The van der Waals surface area contributed by atoms with E-state index in [-0.39, 0.29) is 23.8 Å². The second kappa shape index (κ2) is 7.91. The largest absolute Gasteiger partial charge is 0.347 e. The Hall–Kier alpha value is -3.41. The van der Waals surface area contributed by atoms with Gasteiger partial charge in [-0.3, -0.25) is 14.3 Å². The number of aromatic nitrogens is 2. The Labute approximate surface area is 169 Å². The molecule has 3 aromatic rings. The summed E-state index contributed by atoms with van der Waals surface area (Å²) in [6, 6.07) is 14.0. The van der Waals surface area contributed by atoms with Crippen LogP contribution in [-0.2, 0) is 23.1 Å². The van der Waals surface area contributed by atoms with Gasteiger partial charge in [0.25, 0.3) is 0 Å². The number of amides is 2. The highest BCUT2D eigenvalue weighted by Gasteiger charge is 2.37. The Balaban J connectivity index is 1.55. The van der Waals surface area contributed by atoms with E-state index in [2.05, 4.69) is 29.1 Å². The molecule has 0 spiro atoms. The maximum atomic E-state index is 13.1. The monoisotopic (exact) mass is 388 g/mol. The van der Waals surface area contributed by atoms with E-state index in [1.165, 1.54) is 6.08 Å². The lowest BCUT2D eigenvalue weighted by molar-refractivity contribution is -0.129. The number of hydrogen-bond donors (Lipinski definition) is 1. The van der Waals surface area contributed by atoms with Crippen molar-refractivity contribution in [3.05, 3.63) is 78.6 Å². The van der Waals surface area contributed by atoms with Gasteiger partial charge in [0.05, 0.1) is 18.7 Å². The molecule has 0 saturated carbocycles. The van der Waals surface area contributed by atoms with Gasteiger partial charge in [-0.25, -0.2) is 0 Å². The molecule has 1 aliphatic heterocycles. The predicted molar refractivity (Wildman–Crippen MR) is 112 cm³/mol. The number of carbonyl (C=O) groups excluding carboxylic acids is 2. The zero-order valence-corrected chi connectivity index (χ0v) is 16.4. The summed E-state index contributed by atoms with van der Waals surface area (Å²) in [5.74, 6) is -0.165. The summed E-state index contributed by atoms with van der Waals surface area (Å²) < 4.78 is 1.74. The fourth-order valence-corrected chi connectivity index (χ4v) is 4.09. The number of nitrogens with one attached hydrogen (secondary N) is 1. The van der Waals surface area contributed by atoms with Crippen molar-refractivity contribution in [2.75, 3.05) is 13.1 Å². The number of benzene rings is 2. The molecule has 1 N–H and O–H groups in total. The fraction of sp³-hybridized carbons (Fsp3) is 0.261. The van der Waals surface area contributed by atoms with E-state index >= 15 is 0 Å². The Morgan fingerprint density at radius 3 is 2.76 bits per heavy atom. The number of hydrogen-bond acceptors (Lipinski definition) is 3. The van der Waals surface area contributed by atoms with Crippen molar-refractivity contribution in [2.45, 2.75) is 18.4 Å². The molecule has 2 amide bonds. The molecule has 1 aliphatic rings. The third kappa shape index (κ3) is 3.92. The number of carbonyl (C=O) groups is 2. The summed E-state index contributed by atoms with van der Waals surface area (Å²) in [7, 11) is 1.86. The van der Waals surface area contributed by atoms with Gasteiger partial charge < -0.3 is 10.2 Å². The van der Waals surface area contributed by atoms with Crippen molar-refractivity contribution in [3.8, 4) is 0 Å². The second-order valence-corrected chi connectivity index (χ2v) is 7.49. The first kappa shape index (κ1) is 18.9. The highest BCUT2D eigenvalue weighted by Crippen LogP contribution is 2.28. The molecule has 2 heterocycles. The van der Waals surface area contributed by atoms with Gasteiger partial charge >= 0.3 is 0 Å². The number of aryl methyl sites for hydroxylation is 1. The van der Waals surface area contributed by atoms with Crippen molar-refractivity contribution in [2.24, 2.45) is 7.05 Å². The van der Waals surface area contributed by atoms with Crippen LogP contribution in [0.2, 0.25) is 0 Å². The molecular formula is C23H24N4O2. The van der Waals surface area contributed by atoms with E-state index in [0.717, 1.165) is 21.9 Å². The van der Waals surface area contributed by atoms with Crippen LogP contribution in [0, 0.1) is 0 Å². The standard InChI is InChI=1S/C23H24N4O2/c1-3-22(28)25-21-15-27(14-20(21)18-12-24-26(2)13-18)23(29)11-17-9-6-8-16-7-4-5-10-19(16)17/h3-10,12-13,20-21H,1,11,14-15H2,2H3,(H,25,28)/t20-,21+/m0/s1. The average Bonchev–Trinajstić information content (AvgIpc) is 3.34. The van der Waals surface area contributed by atoms with Crippen molar-refractivity contribution >= 4 is 22.6 Å². The van der Waals surface area contributed by atoms with Gasteiger partial charge in [0.1, 0.15) is 0 Å². The van der Waals surface area contributed by atoms with Crippen LogP contribution in [0.5, 0.6) is 0 Å². The van der Waals surface area contributed by atoms with Gasteiger partial charge in [-0.1, -0.05) is 49.0 Å². The van der Waals surface area contributed by atoms with Gasteiger partial charge in [0, 0.05) is 32.3 Å². The molecule has 1 saturated heterocycles. The molecule has 2 atom stereocenters. The van der Waals surface area contributed by atoms with Crippen LogP contribution in [-0.4, -0.2) is 45.6 Å².